The highest BCUT2D eigenvalue weighted by molar-refractivity contribution is 7.21. The standard InChI is InChI=1S/C21H13F2NOS/c22-15-7-3-13(4-8-15)12-18(25)20-19(14-5-9-16(23)10-6-14)17-2-1-11-24-21(17)26-20/h1-11H,12H2. The molecule has 4 rings (SSSR count). The van der Waals surface area contributed by atoms with Gasteiger partial charge in [-0.05, 0) is 47.5 Å². The van der Waals surface area contributed by atoms with Gasteiger partial charge < -0.3 is 0 Å². The van der Waals surface area contributed by atoms with E-state index in [0.29, 0.717) is 4.88 Å². The molecule has 2 heterocycles. The van der Waals surface area contributed by atoms with Crippen LogP contribution in [0, 0.1) is 11.6 Å². The molecule has 0 aliphatic rings. The van der Waals surface area contributed by atoms with Gasteiger partial charge in [0, 0.05) is 23.6 Å². The lowest BCUT2D eigenvalue weighted by atomic mass is 9.99. The molecule has 0 aliphatic carbocycles. The van der Waals surface area contributed by atoms with Crippen LogP contribution in [-0.2, 0) is 6.42 Å². The molecule has 0 fully saturated rings. The minimum Gasteiger partial charge on any atom is -0.293 e. The number of fused-ring (bicyclic) bond motifs is 1. The van der Waals surface area contributed by atoms with E-state index in [2.05, 4.69) is 4.98 Å². The molecule has 0 radical (unpaired) electrons. The molecule has 4 aromatic rings. The summed E-state index contributed by atoms with van der Waals surface area (Å²) in [6, 6.07) is 15.7. The molecule has 2 aromatic carbocycles. The first kappa shape index (κ1) is 16.5. The zero-order valence-electron chi connectivity index (χ0n) is 13.6. The first-order valence-electron chi connectivity index (χ1n) is 8.03. The molecule has 0 spiro atoms. The van der Waals surface area contributed by atoms with Crippen LogP contribution in [-0.4, -0.2) is 10.8 Å². The second kappa shape index (κ2) is 6.77. The summed E-state index contributed by atoms with van der Waals surface area (Å²) in [7, 11) is 0. The van der Waals surface area contributed by atoms with Crippen molar-refractivity contribution < 1.29 is 13.6 Å². The average molecular weight is 365 g/mol. The van der Waals surface area contributed by atoms with E-state index in [1.165, 1.54) is 35.6 Å². The van der Waals surface area contributed by atoms with Gasteiger partial charge in [0.2, 0.25) is 0 Å². The molecule has 0 saturated carbocycles. The number of carbonyl (C=O) groups is 1. The second-order valence-corrected chi connectivity index (χ2v) is 6.89. The van der Waals surface area contributed by atoms with Crippen LogP contribution in [0.1, 0.15) is 15.2 Å². The van der Waals surface area contributed by atoms with Gasteiger partial charge in [0.05, 0.1) is 4.88 Å². The van der Waals surface area contributed by atoms with Gasteiger partial charge in [0.15, 0.2) is 5.78 Å². The largest absolute Gasteiger partial charge is 0.293 e. The molecule has 128 valence electrons. The molecule has 0 atom stereocenters. The fourth-order valence-electron chi connectivity index (χ4n) is 2.90. The molecule has 0 bridgehead atoms. The Morgan fingerprint density at radius 3 is 2.27 bits per heavy atom. The molecule has 0 unspecified atom stereocenters. The number of carbonyl (C=O) groups excluding carboxylic acids is 1. The maximum absolute atomic E-state index is 13.3. The van der Waals surface area contributed by atoms with Crippen molar-refractivity contribution in [3.05, 3.63) is 88.9 Å². The van der Waals surface area contributed by atoms with Crippen molar-refractivity contribution in [2.24, 2.45) is 0 Å². The van der Waals surface area contributed by atoms with Crippen LogP contribution >= 0.6 is 11.3 Å². The zero-order valence-corrected chi connectivity index (χ0v) is 14.4. The third-order valence-corrected chi connectivity index (χ3v) is 5.28. The Morgan fingerprint density at radius 1 is 0.923 bits per heavy atom. The van der Waals surface area contributed by atoms with E-state index < -0.39 is 0 Å². The van der Waals surface area contributed by atoms with E-state index in [9.17, 15) is 13.6 Å². The summed E-state index contributed by atoms with van der Waals surface area (Å²) in [5.74, 6) is -0.733. The van der Waals surface area contributed by atoms with Crippen LogP contribution < -0.4 is 0 Å². The van der Waals surface area contributed by atoms with Crippen LogP contribution in [0.3, 0.4) is 0 Å². The van der Waals surface area contributed by atoms with Gasteiger partial charge in [-0.25, -0.2) is 13.8 Å². The van der Waals surface area contributed by atoms with Gasteiger partial charge in [-0.15, -0.1) is 11.3 Å². The maximum Gasteiger partial charge on any atom is 0.177 e. The van der Waals surface area contributed by atoms with Crippen molar-refractivity contribution in [2.45, 2.75) is 6.42 Å². The minimum absolute atomic E-state index is 0.0704. The van der Waals surface area contributed by atoms with Crippen LogP contribution in [0.25, 0.3) is 21.3 Å². The number of Topliss-reactive ketones (excluding diaryl/α,β-unsaturated/α-hetero) is 1. The summed E-state index contributed by atoms with van der Waals surface area (Å²) in [4.78, 5) is 18.6. The van der Waals surface area contributed by atoms with Gasteiger partial charge >= 0.3 is 0 Å². The molecule has 2 aromatic heterocycles. The van der Waals surface area contributed by atoms with Crippen molar-refractivity contribution >= 4 is 27.3 Å². The van der Waals surface area contributed by atoms with Crippen molar-refractivity contribution in [1.82, 2.24) is 4.98 Å². The Kier molecular flexibility index (Phi) is 4.31. The van der Waals surface area contributed by atoms with Crippen LogP contribution in [0.2, 0.25) is 0 Å². The van der Waals surface area contributed by atoms with E-state index in [1.54, 1.807) is 30.5 Å². The SMILES string of the molecule is O=C(Cc1ccc(F)cc1)c1sc2ncccc2c1-c1ccc(F)cc1. The summed E-state index contributed by atoms with van der Waals surface area (Å²) in [5.41, 5.74) is 2.28. The topological polar surface area (TPSA) is 30.0 Å². The van der Waals surface area contributed by atoms with Gasteiger partial charge in [0.25, 0.3) is 0 Å². The maximum atomic E-state index is 13.3. The number of aromatic nitrogens is 1. The lowest BCUT2D eigenvalue weighted by Gasteiger charge is -2.05. The first-order valence-corrected chi connectivity index (χ1v) is 8.84. The molecule has 2 nitrogen and oxygen atoms in total. The highest BCUT2D eigenvalue weighted by atomic mass is 32.1. The number of thiophene rings is 1. The molecule has 0 aliphatic heterocycles. The molecule has 0 saturated heterocycles. The smallest absolute Gasteiger partial charge is 0.177 e. The number of hydrogen-bond acceptors (Lipinski definition) is 3. The fourth-order valence-corrected chi connectivity index (χ4v) is 4.00. The van der Waals surface area contributed by atoms with Crippen molar-refractivity contribution in [1.29, 1.82) is 0 Å². The number of pyridine rings is 1. The Labute approximate surface area is 152 Å². The summed E-state index contributed by atoms with van der Waals surface area (Å²) >= 11 is 1.32. The monoisotopic (exact) mass is 365 g/mol. The van der Waals surface area contributed by atoms with E-state index in [-0.39, 0.29) is 23.8 Å². The number of rotatable bonds is 4. The fraction of sp³-hybridized carbons (Fsp3) is 0.0476. The van der Waals surface area contributed by atoms with Gasteiger partial charge in [-0.2, -0.15) is 0 Å². The predicted octanol–water partition coefficient (Wildman–Crippen LogP) is 5.67. The van der Waals surface area contributed by atoms with E-state index in [4.69, 9.17) is 0 Å². The summed E-state index contributed by atoms with van der Waals surface area (Å²) in [6.45, 7) is 0. The van der Waals surface area contributed by atoms with E-state index >= 15 is 0 Å². The van der Waals surface area contributed by atoms with Crippen LogP contribution in [0.15, 0.2) is 66.9 Å². The third kappa shape index (κ3) is 3.13. The Hall–Kier alpha value is -2.92. The zero-order chi connectivity index (χ0) is 18.1. The first-order chi connectivity index (χ1) is 12.6. The Balaban J connectivity index is 1.81. The quantitative estimate of drug-likeness (QED) is 0.436. The van der Waals surface area contributed by atoms with Crippen molar-refractivity contribution in [3.8, 4) is 11.1 Å². The molecule has 5 heteroatoms. The van der Waals surface area contributed by atoms with Crippen molar-refractivity contribution in [3.63, 3.8) is 0 Å². The predicted molar refractivity (Wildman–Crippen MR) is 99.4 cm³/mol. The second-order valence-electron chi connectivity index (χ2n) is 5.90. The number of halogens is 2. The van der Waals surface area contributed by atoms with E-state index in [0.717, 1.165) is 26.9 Å². The van der Waals surface area contributed by atoms with Crippen LogP contribution in [0.4, 0.5) is 8.78 Å². The summed E-state index contributed by atoms with van der Waals surface area (Å²) in [6.07, 6.45) is 1.85. The number of nitrogens with zero attached hydrogens (tertiary/aromatic N) is 1. The summed E-state index contributed by atoms with van der Waals surface area (Å²) < 4.78 is 26.4. The molecular weight excluding hydrogens is 352 g/mol. The third-order valence-electron chi connectivity index (χ3n) is 4.13. The van der Waals surface area contributed by atoms with E-state index in [1.807, 2.05) is 12.1 Å². The Bertz CT molecular complexity index is 1090. The lowest BCUT2D eigenvalue weighted by molar-refractivity contribution is 0.0997. The number of hydrogen-bond donors (Lipinski definition) is 0. The number of benzene rings is 2. The normalized spacial score (nSPS) is 11.0. The van der Waals surface area contributed by atoms with Gasteiger partial charge in [0.1, 0.15) is 16.5 Å². The van der Waals surface area contributed by atoms with Gasteiger partial charge in [-0.1, -0.05) is 24.3 Å². The highest BCUT2D eigenvalue weighted by Gasteiger charge is 2.20. The van der Waals surface area contributed by atoms with Gasteiger partial charge in [-0.3, -0.25) is 4.79 Å². The summed E-state index contributed by atoms with van der Waals surface area (Å²) in [5, 5.41) is 0.867. The molecule has 0 amide bonds. The molecule has 0 N–H and O–H groups in total. The van der Waals surface area contributed by atoms with Crippen molar-refractivity contribution in [2.75, 3.05) is 0 Å². The highest BCUT2D eigenvalue weighted by Crippen LogP contribution is 2.38. The Morgan fingerprint density at radius 2 is 1.58 bits per heavy atom. The number of ketones is 1. The van der Waals surface area contributed by atoms with Crippen LogP contribution in [0.5, 0.6) is 0 Å². The lowest BCUT2D eigenvalue weighted by Crippen LogP contribution is -2.03. The molecular formula is C21H13F2NOS. The minimum atomic E-state index is -0.334. The molecule has 26 heavy (non-hydrogen) atoms. The average Bonchev–Trinajstić information content (AvgIpc) is 3.04.